The maximum Gasteiger partial charge on any atom is 0.311 e. The van der Waals surface area contributed by atoms with E-state index in [1.165, 1.54) is 52.6 Å². The van der Waals surface area contributed by atoms with Crippen LogP contribution >= 0.6 is 0 Å². The number of hydrogen-bond donors (Lipinski definition) is 8. The number of carbonyl (C=O) groups is 1. The van der Waals surface area contributed by atoms with Gasteiger partial charge < -0.3 is 88.5 Å². The van der Waals surface area contributed by atoms with Crippen molar-refractivity contribution < 1.29 is 88.4 Å². The molecule has 0 radical (unpaired) electrons. The highest BCUT2D eigenvalue weighted by Crippen LogP contribution is 2.60. The van der Waals surface area contributed by atoms with Crippen molar-refractivity contribution in [1.82, 2.24) is 4.90 Å². The van der Waals surface area contributed by atoms with E-state index < -0.39 is 120 Å². The minimum atomic E-state index is -1.97. The van der Waals surface area contributed by atoms with Gasteiger partial charge in [-0.2, -0.15) is 0 Å². The molecular formula is C68H120N2O18. The normalized spacial score (nSPS) is 43.4. The minimum Gasteiger partial charge on any atom is -0.459 e. The van der Waals surface area contributed by atoms with Crippen LogP contribution in [0.4, 0.5) is 0 Å². The van der Waals surface area contributed by atoms with E-state index in [0.717, 1.165) is 29.9 Å². The summed E-state index contributed by atoms with van der Waals surface area (Å²) in [6.07, 6.45) is 4.37. The molecule has 20 nitrogen and oxygen atoms in total. The zero-order valence-corrected chi connectivity index (χ0v) is 57.0. The molecule has 0 aromatic rings. The van der Waals surface area contributed by atoms with E-state index in [-0.39, 0.29) is 44.8 Å². The lowest BCUT2D eigenvalue weighted by Crippen LogP contribution is -2.61. The fourth-order valence-electron chi connectivity index (χ4n) is 15.7. The number of rotatable bonds is 19. The Morgan fingerprint density at radius 2 is 1.58 bits per heavy atom. The molecule has 510 valence electrons. The van der Waals surface area contributed by atoms with Crippen LogP contribution < -0.4 is 0 Å². The molecule has 20 heteroatoms. The largest absolute Gasteiger partial charge is 0.459 e. The van der Waals surface area contributed by atoms with Gasteiger partial charge in [-0.15, -0.1) is 0 Å². The summed E-state index contributed by atoms with van der Waals surface area (Å²) in [7, 11) is 6.76. The van der Waals surface area contributed by atoms with Crippen LogP contribution in [-0.2, 0) is 47.5 Å². The van der Waals surface area contributed by atoms with Crippen molar-refractivity contribution >= 4 is 11.7 Å². The zero-order chi connectivity index (χ0) is 66.0. The van der Waals surface area contributed by atoms with Crippen molar-refractivity contribution in [2.75, 3.05) is 48.3 Å². The highest BCUT2D eigenvalue weighted by Gasteiger charge is 2.55. The smallest absolute Gasteiger partial charge is 0.311 e. The second-order valence-corrected chi connectivity index (χ2v) is 29.1. The molecule has 3 aliphatic heterocycles. The molecule has 0 bridgehead atoms. The first-order chi connectivity index (χ1) is 41.0. The molecule has 88 heavy (non-hydrogen) atoms. The third-order valence-corrected chi connectivity index (χ3v) is 21.0. The minimum absolute atomic E-state index is 0.0307. The number of ether oxygens (including phenoxy) is 8. The van der Waals surface area contributed by atoms with Crippen molar-refractivity contribution in [3.05, 3.63) is 35.5 Å². The summed E-state index contributed by atoms with van der Waals surface area (Å²) in [6, 6.07) is -0.328. The molecule has 3 saturated heterocycles. The number of methoxy groups -OCH3 is 2. The van der Waals surface area contributed by atoms with Gasteiger partial charge in [0.1, 0.15) is 23.9 Å². The average molecular weight is 1250 g/mol. The third-order valence-electron chi connectivity index (χ3n) is 21.0. The van der Waals surface area contributed by atoms with E-state index in [9.17, 15) is 45.6 Å². The molecule has 0 spiro atoms. The molecule has 6 rings (SSSR count). The lowest BCUT2D eigenvalue weighted by atomic mass is 9.60. The fraction of sp³-hybridized carbons (Fsp3) is 0.882. The van der Waals surface area contributed by atoms with Crippen molar-refractivity contribution in [3.8, 4) is 0 Å². The number of allylic oxidation sites excluding steroid dienone is 3. The summed E-state index contributed by atoms with van der Waals surface area (Å²) in [6.45, 7) is 30.1. The number of oxime groups is 1. The van der Waals surface area contributed by atoms with Gasteiger partial charge in [0.2, 0.25) is 6.79 Å². The molecule has 24 atom stereocenters. The van der Waals surface area contributed by atoms with Crippen LogP contribution in [0.2, 0.25) is 0 Å². The van der Waals surface area contributed by atoms with Crippen molar-refractivity contribution in [1.29, 1.82) is 0 Å². The Bertz CT molecular complexity index is 2290. The van der Waals surface area contributed by atoms with Gasteiger partial charge in [-0.3, -0.25) is 4.79 Å². The first-order valence-electron chi connectivity index (χ1n) is 32.9. The number of aliphatic hydroxyl groups excluding tert-OH is 5. The Balaban J connectivity index is 0.000000391. The Labute approximate surface area is 527 Å². The SMILES string of the molecule is C=C1/C(=C\C=C2/CCC[C@]3(C)[C@@H]([C@H](C)CCCC(C)(C)O)CC[C@@H]23)C[C@@H](O)C[C@@H]1O.CC[C@H]1OC(=O)[C@H](C)[C@@H](OC2CC(C)(OC)C(O)C(C)O2)[C@H](C)[C@@H](OC2OC(C)CC(N(C)C)C2O)[C@](C)(O)C[C@@H](C)/C(=N\OCOCCOC)[C@H](C)[C@@H](O)[C@]1(C)O. The highest BCUT2D eigenvalue weighted by molar-refractivity contribution is 5.88. The number of likely N-dealkylation sites (N-methyl/N-ethyl adjacent to an activating group) is 1. The van der Waals surface area contributed by atoms with Crippen molar-refractivity contribution in [3.63, 3.8) is 0 Å². The predicted octanol–water partition coefficient (Wildman–Crippen LogP) is 7.91. The lowest BCUT2D eigenvalue weighted by molar-refractivity contribution is -0.317. The second kappa shape index (κ2) is 32.6. The van der Waals surface area contributed by atoms with Gasteiger partial charge in [-0.05, 0) is 168 Å². The Morgan fingerprint density at radius 3 is 2.20 bits per heavy atom. The number of aliphatic hydroxyl groups is 8. The Morgan fingerprint density at radius 1 is 0.898 bits per heavy atom. The van der Waals surface area contributed by atoms with Crippen molar-refractivity contribution in [2.45, 2.75) is 289 Å². The van der Waals surface area contributed by atoms with E-state index in [0.29, 0.717) is 48.8 Å². The number of hydrogen-bond acceptors (Lipinski definition) is 20. The average Bonchev–Trinajstić information content (AvgIpc) is 1.85. The quantitative estimate of drug-likeness (QED) is 0.0264. The van der Waals surface area contributed by atoms with Crippen LogP contribution in [-0.4, -0.2) is 208 Å². The van der Waals surface area contributed by atoms with Crippen LogP contribution in [0.1, 0.15) is 187 Å². The fourth-order valence-corrected chi connectivity index (χ4v) is 15.7. The molecule has 0 aromatic carbocycles. The third kappa shape index (κ3) is 19.1. The monoisotopic (exact) mass is 1250 g/mol. The lowest BCUT2D eigenvalue weighted by Gasteiger charge is -2.49. The zero-order valence-electron chi connectivity index (χ0n) is 57.0. The van der Waals surface area contributed by atoms with E-state index in [4.69, 9.17) is 42.7 Å². The maximum absolute atomic E-state index is 14.3. The van der Waals surface area contributed by atoms with E-state index >= 15 is 0 Å². The molecule has 3 heterocycles. The maximum atomic E-state index is 14.3. The molecule has 3 saturated carbocycles. The summed E-state index contributed by atoms with van der Waals surface area (Å²) in [4.78, 5) is 21.8. The van der Waals surface area contributed by atoms with E-state index in [2.05, 4.69) is 37.7 Å². The summed E-state index contributed by atoms with van der Waals surface area (Å²) >= 11 is 0. The van der Waals surface area contributed by atoms with Gasteiger partial charge in [0, 0.05) is 50.9 Å². The number of esters is 1. The van der Waals surface area contributed by atoms with E-state index in [1.54, 1.807) is 61.1 Å². The van der Waals surface area contributed by atoms with Crippen LogP contribution in [0.15, 0.2) is 40.6 Å². The number of nitrogens with zero attached hydrogens (tertiary/aromatic N) is 2. The highest BCUT2D eigenvalue weighted by atomic mass is 16.7. The molecule has 6 aliphatic rings. The van der Waals surface area contributed by atoms with Crippen LogP contribution in [0, 0.1) is 46.8 Å². The van der Waals surface area contributed by atoms with E-state index in [1.807, 2.05) is 46.7 Å². The predicted molar refractivity (Wildman–Crippen MR) is 337 cm³/mol. The topological polar surface area (TPSA) is 278 Å². The standard InChI is InChI=1S/C41H76N2O15.C27H44O3/c1-15-29-41(10,49)34(45)24(4)31(42-53-21-52-17-16-50-13)22(2)19-39(8,48)36(58-38-32(44)28(43(11)12)18-23(3)54-38)25(5)33(26(6)37(47)56-29)57-30-20-40(9,51-14)35(46)27(7)55-30;1-18(8-6-14-26(3,4)30)23-12-13-24-20(9-7-15-27(23,24)5)10-11-21-16-22(28)17-25(29)19(21)2/h22-30,32-36,38,44-46,48-49H,15-21H2,1-14H3;10-11,18,22-25,28-30H,2,6-9,12-17H2,1,3-5H3/b42-31+;20-10+,21-11-/t22-,23?,24+,25+,26-,27?,28?,29-,30?,32?,33+,34-,35?,36-,38?,39-,40?,41-;18-,22-,23-,24+,25+,27-/m11/s1. The molecule has 8 N–H and O–H groups in total. The molecular weight excluding hydrogens is 1130 g/mol. The first kappa shape index (κ1) is 76.2. The Kier molecular flexibility index (Phi) is 28.2. The summed E-state index contributed by atoms with van der Waals surface area (Å²) in [5, 5.41) is 93.7. The number of cyclic esters (lactones) is 1. The Hall–Kier alpha value is -2.48. The van der Waals surface area contributed by atoms with Crippen LogP contribution in [0.3, 0.4) is 0 Å². The number of carbonyl (C=O) groups excluding carboxylic acids is 1. The summed E-state index contributed by atoms with van der Waals surface area (Å²) < 4.78 is 48.1. The first-order valence-corrected chi connectivity index (χ1v) is 32.9. The molecule has 0 aromatic heterocycles. The van der Waals surface area contributed by atoms with Gasteiger partial charge in [-0.1, -0.05) is 83.8 Å². The van der Waals surface area contributed by atoms with Crippen LogP contribution in [0.25, 0.3) is 0 Å². The number of fused-ring (bicyclic) bond motifs is 1. The molecule has 3 aliphatic carbocycles. The molecule has 0 amide bonds. The van der Waals surface area contributed by atoms with Gasteiger partial charge in [0.05, 0.1) is 84.4 Å². The van der Waals surface area contributed by atoms with Gasteiger partial charge in [-0.25, -0.2) is 0 Å². The van der Waals surface area contributed by atoms with Gasteiger partial charge in [0.25, 0.3) is 0 Å². The van der Waals surface area contributed by atoms with Crippen LogP contribution in [0.5, 0.6) is 0 Å². The van der Waals surface area contributed by atoms with Gasteiger partial charge >= 0.3 is 5.97 Å². The molecule has 8 unspecified atom stereocenters. The van der Waals surface area contributed by atoms with Crippen molar-refractivity contribution in [2.24, 2.45) is 52.0 Å². The summed E-state index contributed by atoms with van der Waals surface area (Å²) in [5.41, 5.74) is -1.33. The molecule has 6 fully saturated rings. The summed E-state index contributed by atoms with van der Waals surface area (Å²) in [5.74, 6) is -2.03. The van der Waals surface area contributed by atoms with Gasteiger partial charge in [0.15, 0.2) is 12.6 Å². The second-order valence-electron chi connectivity index (χ2n) is 29.1.